The summed E-state index contributed by atoms with van der Waals surface area (Å²) in [5.41, 5.74) is 2.47. The van der Waals surface area contributed by atoms with Crippen molar-refractivity contribution in [2.75, 3.05) is 7.11 Å². The SMILES string of the molecule is COc1cccc(Cn2ccc3c(Br)cccc32)c1. The quantitative estimate of drug-likeness (QED) is 0.696. The minimum absolute atomic E-state index is 0.844. The third-order valence-corrected chi connectivity index (χ3v) is 3.94. The van der Waals surface area contributed by atoms with Crippen molar-refractivity contribution < 1.29 is 4.74 Å². The van der Waals surface area contributed by atoms with Crippen LogP contribution in [0.15, 0.2) is 59.2 Å². The predicted octanol–water partition coefficient (Wildman–Crippen LogP) is 4.46. The van der Waals surface area contributed by atoms with E-state index in [1.165, 1.54) is 16.5 Å². The van der Waals surface area contributed by atoms with E-state index in [2.05, 4.69) is 63.1 Å². The van der Waals surface area contributed by atoms with Crippen molar-refractivity contribution >= 4 is 26.8 Å². The highest BCUT2D eigenvalue weighted by Crippen LogP contribution is 2.25. The summed E-state index contributed by atoms with van der Waals surface area (Å²) in [5, 5.41) is 1.24. The molecule has 19 heavy (non-hydrogen) atoms. The molecule has 0 atom stereocenters. The molecule has 0 amide bonds. The van der Waals surface area contributed by atoms with E-state index in [0.29, 0.717) is 0 Å². The second-order valence-corrected chi connectivity index (χ2v) is 5.32. The van der Waals surface area contributed by atoms with E-state index in [0.717, 1.165) is 16.8 Å². The molecule has 96 valence electrons. The molecular formula is C16H14BrNO. The number of benzene rings is 2. The lowest BCUT2D eigenvalue weighted by Gasteiger charge is -2.07. The lowest BCUT2D eigenvalue weighted by Crippen LogP contribution is -1.98. The average Bonchev–Trinajstić information content (AvgIpc) is 2.84. The molecule has 3 rings (SSSR count). The van der Waals surface area contributed by atoms with Crippen molar-refractivity contribution in [3.63, 3.8) is 0 Å². The number of hydrogen-bond donors (Lipinski definition) is 0. The molecule has 3 heteroatoms. The standard InChI is InChI=1S/C16H14BrNO/c1-19-13-5-2-4-12(10-13)11-18-9-8-14-15(17)6-3-7-16(14)18/h2-10H,11H2,1H3. The van der Waals surface area contributed by atoms with Gasteiger partial charge in [0.15, 0.2) is 0 Å². The summed E-state index contributed by atoms with van der Waals surface area (Å²) in [4.78, 5) is 0. The lowest BCUT2D eigenvalue weighted by molar-refractivity contribution is 0.414. The summed E-state index contributed by atoms with van der Waals surface area (Å²) in [7, 11) is 1.70. The highest BCUT2D eigenvalue weighted by molar-refractivity contribution is 9.10. The van der Waals surface area contributed by atoms with Crippen molar-refractivity contribution in [1.29, 1.82) is 0 Å². The number of ether oxygens (including phenoxy) is 1. The summed E-state index contributed by atoms with van der Waals surface area (Å²) in [6.45, 7) is 0.844. The molecule has 0 aliphatic heterocycles. The molecule has 2 nitrogen and oxygen atoms in total. The molecule has 0 N–H and O–H groups in total. The summed E-state index contributed by atoms with van der Waals surface area (Å²) in [6, 6.07) is 16.6. The van der Waals surface area contributed by atoms with E-state index in [9.17, 15) is 0 Å². The second kappa shape index (κ2) is 5.10. The highest BCUT2D eigenvalue weighted by atomic mass is 79.9. The van der Waals surface area contributed by atoms with Gasteiger partial charge in [-0.2, -0.15) is 0 Å². The van der Waals surface area contributed by atoms with Gasteiger partial charge in [-0.05, 0) is 35.9 Å². The number of rotatable bonds is 3. The average molecular weight is 316 g/mol. The first-order chi connectivity index (χ1) is 9.28. The van der Waals surface area contributed by atoms with Gasteiger partial charge in [0, 0.05) is 28.1 Å². The summed E-state index contributed by atoms with van der Waals surface area (Å²) < 4.78 is 8.64. The topological polar surface area (TPSA) is 14.2 Å². The van der Waals surface area contributed by atoms with Crippen LogP contribution >= 0.6 is 15.9 Å². The number of fused-ring (bicyclic) bond motifs is 1. The molecular weight excluding hydrogens is 302 g/mol. The molecule has 0 spiro atoms. The Morgan fingerprint density at radius 2 is 1.95 bits per heavy atom. The molecule has 0 aliphatic carbocycles. The molecule has 0 radical (unpaired) electrons. The highest BCUT2D eigenvalue weighted by Gasteiger charge is 2.04. The van der Waals surface area contributed by atoms with Crippen molar-refractivity contribution in [3.8, 4) is 5.75 Å². The van der Waals surface area contributed by atoms with Gasteiger partial charge in [-0.15, -0.1) is 0 Å². The van der Waals surface area contributed by atoms with Crippen molar-refractivity contribution in [3.05, 3.63) is 64.8 Å². The van der Waals surface area contributed by atoms with Gasteiger partial charge < -0.3 is 9.30 Å². The molecule has 1 aromatic heterocycles. The summed E-state index contributed by atoms with van der Waals surface area (Å²) in [6.07, 6.45) is 2.12. The first kappa shape index (κ1) is 12.3. The Hall–Kier alpha value is -1.74. The van der Waals surface area contributed by atoms with Crippen molar-refractivity contribution in [1.82, 2.24) is 4.57 Å². The Kier molecular flexibility index (Phi) is 3.30. The molecule has 0 unspecified atom stereocenters. The van der Waals surface area contributed by atoms with Gasteiger partial charge >= 0.3 is 0 Å². The van der Waals surface area contributed by atoms with Crippen LogP contribution in [0.2, 0.25) is 0 Å². The number of halogens is 1. The van der Waals surface area contributed by atoms with Gasteiger partial charge in [-0.3, -0.25) is 0 Å². The largest absolute Gasteiger partial charge is 0.497 e. The molecule has 0 aliphatic rings. The molecule has 2 aromatic carbocycles. The van der Waals surface area contributed by atoms with Gasteiger partial charge in [0.25, 0.3) is 0 Å². The summed E-state index contributed by atoms with van der Waals surface area (Å²) in [5.74, 6) is 0.898. The first-order valence-electron chi connectivity index (χ1n) is 6.14. The van der Waals surface area contributed by atoms with E-state index in [4.69, 9.17) is 4.74 Å². The number of hydrogen-bond acceptors (Lipinski definition) is 1. The Bertz CT molecular complexity index is 718. The van der Waals surface area contributed by atoms with Crippen LogP contribution in [0.3, 0.4) is 0 Å². The zero-order valence-corrected chi connectivity index (χ0v) is 12.2. The summed E-state index contributed by atoms with van der Waals surface area (Å²) >= 11 is 3.59. The minimum Gasteiger partial charge on any atom is -0.497 e. The number of aromatic nitrogens is 1. The van der Waals surface area contributed by atoms with E-state index in [-0.39, 0.29) is 0 Å². The van der Waals surface area contributed by atoms with Crippen LogP contribution < -0.4 is 4.74 Å². The van der Waals surface area contributed by atoms with E-state index in [1.54, 1.807) is 7.11 Å². The third-order valence-electron chi connectivity index (χ3n) is 3.25. The van der Waals surface area contributed by atoms with E-state index >= 15 is 0 Å². The monoisotopic (exact) mass is 315 g/mol. The Morgan fingerprint density at radius 1 is 1.11 bits per heavy atom. The second-order valence-electron chi connectivity index (χ2n) is 4.47. The van der Waals surface area contributed by atoms with Gasteiger partial charge in [0.05, 0.1) is 7.11 Å². The maximum Gasteiger partial charge on any atom is 0.119 e. The van der Waals surface area contributed by atoms with Gasteiger partial charge in [-0.25, -0.2) is 0 Å². The molecule has 0 bridgehead atoms. The van der Waals surface area contributed by atoms with Crippen LogP contribution in [-0.4, -0.2) is 11.7 Å². The fourth-order valence-corrected chi connectivity index (χ4v) is 2.78. The lowest BCUT2D eigenvalue weighted by atomic mass is 10.2. The molecule has 1 heterocycles. The fourth-order valence-electron chi connectivity index (χ4n) is 2.29. The maximum absolute atomic E-state index is 5.26. The van der Waals surface area contributed by atoms with Crippen LogP contribution in [0.5, 0.6) is 5.75 Å². The van der Waals surface area contributed by atoms with Crippen molar-refractivity contribution in [2.24, 2.45) is 0 Å². The Balaban J connectivity index is 1.99. The maximum atomic E-state index is 5.26. The number of nitrogens with zero attached hydrogens (tertiary/aromatic N) is 1. The van der Waals surface area contributed by atoms with E-state index < -0.39 is 0 Å². The van der Waals surface area contributed by atoms with Crippen LogP contribution in [0.1, 0.15) is 5.56 Å². The zero-order chi connectivity index (χ0) is 13.2. The minimum atomic E-state index is 0.844. The Labute approximate surface area is 120 Å². The van der Waals surface area contributed by atoms with Crippen molar-refractivity contribution in [2.45, 2.75) is 6.54 Å². The van der Waals surface area contributed by atoms with Crippen LogP contribution in [-0.2, 0) is 6.54 Å². The fraction of sp³-hybridized carbons (Fsp3) is 0.125. The van der Waals surface area contributed by atoms with Crippen LogP contribution in [0, 0.1) is 0 Å². The normalized spacial score (nSPS) is 10.8. The molecule has 3 aromatic rings. The van der Waals surface area contributed by atoms with Crippen LogP contribution in [0.4, 0.5) is 0 Å². The molecule has 0 fully saturated rings. The third kappa shape index (κ3) is 2.38. The first-order valence-corrected chi connectivity index (χ1v) is 6.93. The zero-order valence-electron chi connectivity index (χ0n) is 10.6. The molecule has 0 saturated heterocycles. The predicted molar refractivity (Wildman–Crippen MR) is 81.7 cm³/mol. The van der Waals surface area contributed by atoms with Crippen LogP contribution in [0.25, 0.3) is 10.9 Å². The van der Waals surface area contributed by atoms with Gasteiger partial charge in [0.1, 0.15) is 5.75 Å². The Morgan fingerprint density at radius 3 is 2.79 bits per heavy atom. The smallest absolute Gasteiger partial charge is 0.119 e. The molecule has 0 saturated carbocycles. The van der Waals surface area contributed by atoms with E-state index in [1.807, 2.05) is 12.1 Å². The number of methoxy groups -OCH3 is 1. The van der Waals surface area contributed by atoms with Gasteiger partial charge in [0.2, 0.25) is 0 Å². The van der Waals surface area contributed by atoms with Gasteiger partial charge in [-0.1, -0.05) is 34.1 Å².